The van der Waals surface area contributed by atoms with Gasteiger partial charge in [0.15, 0.2) is 4.80 Å². The minimum Gasteiger partial charge on any atom is -0.463 e. The molecule has 0 spiro atoms. The molecule has 1 unspecified atom stereocenters. The Labute approximate surface area is 220 Å². The van der Waals surface area contributed by atoms with Gasteiger partial charge in [-0.1, -0.05) is 47.7 Å². The zero-order valence-electron chi connectivity index (χ0n) is 20.8. The van der Waals surface area contributed by atoms with Crippen LogP contribution in [0, 0.1) is 17.0 Å². The average molecular weight is 530 g/mol. The molecule has 0 amide bonds. The van der Waals surface area contributed by atoms with E-state index in [1.807, 2.05) is 37.3 Å². The first-order chi connectivity index (χ1) is 18.3. The van der Waals surface area contributed by atoms with E-state index in [2.05, 4.69) is 4.99 Å². The SMILES string of the molecule is CCOC(=O)C1=C(C)N=c2s/c(=C/c3ccc(-c4cc([N+](=O)[O-])ccc4C)o3)c(=O)n2C1c1ccccc1. The van der Waals surface area contributed by atoms with Crippen LogP contribution >= 0.6 is 11.3 Å². The Hall–Kier alpha value is -4.57. The van der Waals surface area contributed by atoms with Gasteiger partial charge in [0.2, 0.25) is 0 Å². The molecule has 1 atom stereocenters. The van der Waals surface area contributed by atoms with Crippen LogP contribution in [0.2, 0.25) is 0 Å². The van der Waals surface area contributed by atoms with Gasteiger partial charge in [-0.2, -0.15) is 0 Å². The molecule has 0 fully saturated rings. The Morgan fingerprint density at radius 3 is 2.66 bits per heavy atom. The molecule has 5 rings (SSSR count). The zero-order valence-corrected chi connectivity index (χ0v) is 21.7. The lowest BCUT2D eigenvalue weighted by Gasteiger charge is -2.24. The van der Waals surface area contributed by atoms with Crippen molar-refractivity contribution in [2.24, 2.45) is 4.99 Å². The summed E-state index contributed by atoms with van der Waals surface area (Å²) in [7, 11) is 0. The van der Waals surface area contributed by atoms with Crippen molar-refractivity contribution in [1.29, 1.82) is 0 Å². The van der Waals surface area contributed by atoms with Gasteiger partial charge in [-0.05, 0) is 44.0 Å². The topological polar surface area (TPSA) is 117 Å². The number of aromatic nitrogens is 1. The van der Waals surface area contributed by atoms with E-state index in [4.69, 9.17) is 9.15 Å². The highest BCUT2D eigenvalue weighted by molar-refractivity contribution is 7.07. The molecule has 2 aromatic heterocycles. The highest BCUT2D eigenvalue weighted by Gasteiger charge is 2.33. The van der Waals surface area contributed by atoms with Gasteiger partial charge in [0.25, 0.3) is 11.2 Å². The number of nitro groups is 1. The molecule has 0 saturated heterocycles. The van der Waals surface area contributed by atoms with Crippen LogP contribution in [0.4, 0.5) is 5.69 Å². The summed E-state index contributed by atoms with van der Waals surface area (Å²) in [5, 5.41) is 11.2. The number of furan rings is 1. The monoisotopic (exact) mass is 529 g/mol. The maximum atomic E-state index is 13.7. The summed E-state index contributed by atoms with van der Waals surface area (Å²) in [6, 6.07) is 16.6. The average Bonchev–Trinajstić information content (AvgIpc) is 3.48. The predicted molar refractivity (Wildman–Crippen MR) is 142 cm³/mol. The van der Waals surface area contributed by atoms with Crippen molar-refractivity contribution in [1.82, 2.24) is 4.57 Å². The van der Waals surface area contributed by atoms with Gasteiger partial charge < -0.3 is 9.15 Å². The number of carbonyl (C=O) groups is 1. The molecular weight excluding hydrogens is 506 g/mol. The first kappa shape index (κ1) is 25.1. The van der Waals surface area contributed by atoms with E-state index >= 15 is 0 Å². The fourth-order valence-electron chi connectivity index (χ4n) is 4.44. The van der Waals surface area contributed by atoms with E-state index < -0.39 is 16.9 Å². The molecule has 192 valence electrons. The molecular formula is C28H23N3O6S. The first-order valence-corrected chi connectivity index (χ1v) is 12.7. The minimum atomic E-state index is -0.687. The fraction of sp³-hybridized carbons (Fsp3) is 0.179. The molecule has 4 aromatic rings. The number of thiazole rings is 1. The van der Waals surface area contributed by atoms with Gasteiger partial charge in [-0.15, -0.1) is 0 Å². The number of hydrogen-bond donors (Lipinski definition) is 0. The number of allylic oxidation sites excluding steroid dienone is 1. The second kappa shape index (κ2) is 10.1. The van der Waals surface area contributed by atoms with Crippen molar-refractivity contribution in [2.75, 3.05) is 6.61 Å². The van der Waals surface area contributed by atoms with Crippen molar-refractivity contribution in [3.8, 4) is 11.3 Å². The number of nitrogens with zero attached hydrogens (tertiary/aromatic N) is 3. The molecule has 38 heavy (non-hydrogen) atoms. The molecule has 0 bridgehead atoms. The molecule has 0 aliphatic carbocycles. The van der Waals surface area contributed by atoms with Crippen LogP contribution in [0.5, 0.6) is 0 Å². The van der Waals surface area contributed by atoms with Crippen LogP contribution in [-0.4, -0.2) is 22.1 Å². The Bertz CT molecular complexity index is 1780. The van der Waals surface area contributed by atoms with E-state index in [0.717, 1.165) is 11.1 Å². The Balaban J connectivity index is 1.62. The molecule has 3 heterocycles. The number of fused-ring (bicyclic) bond motifs is 1. The summed E-state index contributed by atoms with van der Waals surface area (Å²) >= 11 is 1.19. The molecule has 0 N–H and O–H groups in total. The third-order valence-corrected chi connectivity index (χ3v) is 7.21. The van der Waals surface area contributed by atoms with Gasteiger partial charge in [0, 0.05) is 23.8 Å². The second-order valence-corrected chi connectivity index (χ2v) is 9.68. The molecule has 0 saturated carbocycles. The maximum Gasteiger partial charge on any atom is 0.338 e. The lowest BCUT2D eigenvalue weighted by Crippen LogP contribution is -2.39. The summed E-state index contributed by atoms with van der Waals surface area (Å²) in [4.78, 5) is 42.4. The van der Waals surface area contributed by atoms with Crippen molar-refractivity contribution < 1.29 is 18.9 Å². The Morgan fingerprint density at radius 1 is 1.18 bits per heavy atom. The third kappa shape index (κ3) is 4.50. The smallest absolute Gasteiger partial charge is 0.338 e. The van der Waals surface area contributed by atoms with Gasteiger partial charge in [-0.3, -0.25) is 19.5 Å². The largest absolute Gasteiger partial charge is 0.463 e. The number of hydrogen-bond acceptors (Lipinski definition) is 8. The zero-order chi connectivity index (χ0) is 27.0. The van der Waals surface area contributed by atoms with Crippen LogP contribution in [0.3, 0.4) is 0 Å². The van der Waals surface area contributed by atoms with Gasteiger partial charge in [0.1, 0.15) is 11.5 Å². The van der Waals surface area contributed by atoms with Crippen LogP contribution in [-0.2, 0) is 9.53 Å². The van der Waals surface area contributed by atoms with Gasteiger partial charge in [-0.25, -0.2) is 9.79 Å². The minimum absolute atomic E-state index is 0.0365. The number of ether oxygens (including phenoxy) is 1. The van der Waals surface area contributed by atoms with E-state index in [-0.39, 0.29) is 17.9 Å². The number of nitro benzene ring substituents is 1. The van der Waals surface area contributed by atoms with Crippen molar-refractivity contribution in [3.05, 3.63) is 119 Å². The number of carbonyl (C=O) groups excluding carboxylic acids is 1. The third-order valence-electron chi connectivity index (χ3n) is 6.23. The summed E-state index contributed by atoms with van der Waals surface area (Å²) < 4.78 is 13.2. The highest BCUT2D eigenvalue weighted by atomic mass is 32.1. The molecule has 2 aromatic carbocycles. The second-order valence-electron chi connectivity index (χ2n) is 8.67. The normalized spacial score (nSPS) is 15.2. The molecule has 9 nitrogen and oxygen atoms in total. The summed E-state index contributed by atoms with van der Waals surface area (Å²) in [6.45, 7) is 5.51. The van der Waals surface area contributed by atoms with Crippen LogP contribution < -0.4 is 14.9 Å². The van der Waals surface area contributed by atoms with E-state index in [9.17, 15) is 19.7 Å². The van der Waals surface area contributed by atoms with Gasteiger partial charge in [0.05, 0.1) is 33.4 Å². The highest BCUT2D eigenvalue weighted by Crippen LogP contribution is 2.31. The summed E-state index contributed by atoms with van der Waals surface area (Å²) in [5.41, 5.74) is 2.63. The van der Waals surface area contributed by atoms with Crippen LogP contribution in [0.1, 0.15) is 36.8 Å². The summed E-state index contributed by atoms with van der Waals surface area (Å²) in [5.74, 6) is 0.349. The Morgan fingerprint density at radius 2 is 1.95 bits per heavy atom. The summed E-state index contributed by atoms with van der Waals surface area (Å²) in [6.07, 6.45) is 1.62. The lowest BCUT2D eigenvalue weighted by molar-refractivity contribution is -0.384. The van der Waals surface area contributed by atoms with Gasteiger partial charge >= 0.3 is 5.97 Å². The van der Waals surface area contributed by atoms with Crippen molar-refractivity contribution >= 4 is 29.1 Å². The van der Waals surface area contributed by atoms with Crippen LogP contribution in [0.15, 0.2) is 86.1 Å². The predicted octanol–water partition coefficient (Wildman–Crippen LogP) is 4.27. The van der Waals surface area contributed by atoms with E-state index in [0.29, 0.717) is 37.7 Å². The molecule has 1 aliphatic heterocycles. The Kier molecular flexibility index (Phi) is 6.64. The fourth-order valence-corrected chi connectivity index (χ4v) is 5.46. The number of benzene rings is 2. The number of non-ortho nitro benzene ring substituents is 1. The quantitative estimate of drug-likeness (QED) is 0.209. The number of rotatable bonds is 6. The van der Waals surface area contributed by atoms with Crippen LogP contribution in [0.25, 0.3) is 17.4 Å². The first-order valence-electron chi connectivity index (χ1n) is 11.9. The lowest BCUT2D eigenvalue weighted by atomic mass is 9.96. The molecule has 0 radical (unpaired) electrons. The standard InChI is InChI=1S/C28H23N3O6S/c1-4-36-27(33)24-17(3)29-28-30(25(24)18-8-6-5-7-9-18)26(32)23(38-28)15-20-12-13-22(37-20)21-14-19(31(34)35)11-10-16(21)2/h5-15,25H,4H2,1-3H3/b23-15+. The maximum absolute atomic E-state index is 13.7. The van der Waals surface area contributed by atoms with E-state index in [1.54, 1.807) is 38.1 Å². The van der Waals surface area contributed by atoms with E-state index in [1.165, 1.54) is 28.0 Å². The van der Waals surface area contributed by atoms with Crippen molar-refractivity contribution in [2.45, 2.75) is 26.8 Å². The number of aryl methyl sites for hydroxylation is 1. The molecule has 1 aliphatic rings. The number of esters is 1. The molecule has 10 heteroatoms. The van der Waals surface area contributed by atoms with Crippen molar-refractivity contribution in [3.63, 3.8) is 0 Å².